The normalized spacial score (nSPS) is 10.6. The van der Waals surface area contributed by atoms with E-state index < -0.39 is 0 Å². The summed E-state index contributed by atoms with van der Waals surface area (Å²) in [6.45, 7) is 0. The van der Waals surface area contributed by atoms with Crippen LogP contribution in [0.2, 0.25) is 5.02 Å². The van der Waals surface area contributed by atoms with E-state index in [0.717, 1.165) is 5.75 Å². The van der Waals surface area contributed by atoms with Crippen molar-refractivity contribution in [2.75, 3.05) is 0 Å². The van der Waals surface area contributed by atoms with Crippen LogP contribution in [0.25, 0.3) is 5.69 Å². The molecule has 0 aliphatic heterocycles. The Balaban J connectivity index is 1.86. The van der Waals surface area contributed by atoms with Gasteiger partial charge in [-0.1, -0.05) is 60.1 Å². The first-order valence-electron chi connectivity index (χ1n) is 6.75. The van der Waals surface area contributed by atoms with Crippen molar-refractivity contribution < 1.29 is 0 Å². The highest BCUT2D eigenvalue weighted by Gasteiger charge is 2.11. The van der Waals surface area contributed by atoms with Crippen LogP contribution in [-0.2, 0) is 5.75 Å². The highest BCUT2D eigenvalue weighted by atomic mass is 35.5. The zero-order valence-corrected chi connectivity index (χ0v) is 13.2. The maximum absolute atomic E-state index is 12.4. The van der Waals surface area contributed by atoms with Crippen molar-refractivity contribution >= 4 is 23.4 Å². The van der Waals surface area contributed by atoms with Crippen LogP contribution in [0, 0.1) is 0 Å². The number of thioether (sulfide) groups is 1. The summed E-state index contributed by atoms with van der Waals surface area (Å²) in [5.74, 6) is 0.747. The van der Waals surface area contributed by atoms with Gasteiger partial charge in [0.25, 0.3) is 5.56 Å². The van der Waals surface area contributed by atoms with Crippen LogP contribution in [0.1, 0.15) is 5.56 Å². The third-order valence-electron chi connectivity index (χ3n) is 3.12. The molecule has 0 aliphatic carbocycles. The summed E-state index contributed by atoms with van der Waals surface area (Å²) in [5.41, 5.74) is 1.58. The zero-order chi connectivity index (χ0) is 15.4. The Morgan fingerprint density at radius 3 is 2.32 bits per heavy atom. The van der Waals surface area contributed by atoms with E-state index in [1.165, 1.54) is 22.0 Å². The Morgan fingerprint density at radius 1 is 1.00 bits per heavy atom. The molecule has 1 heterocycles. The van der Waals surface area contributed by atoms with Gasteiger partial charge in [-0.15, -0.1) is 11.8 Å². The molecule has 22 heavy (non-hydrogen) atoms. The summed E-state index contributed by atoms with van der Waals surface area (Å²) in [7, 11) is 0. The molecule has 0 aliphatic rings. The maximum atomic E-state index is 12.4. The second-order valence-corrected chi connectivity index (χ2v) is 6.04. The molecule has 0 saturated carbocycles. The predicted molar refractivity (Wildman–Crippen MR) is 90.8 cm³/mol. The zero-order valence-electron chi connectivity index (χ0n) is 11.6. The molecule has 0 fully saturated rings. The van der Waals surface area contributed by atoms with Crippen molar-refractivity contribution in [2.24, 2.45) is 0 Å². The molecule has 3 aromatic rings. The maximum Gasteiger partial charge on any atom is 0.291 e. The van der Waals surface area contributed by atoms with Crippen LogP contribution in [0.3, 0.4) is 0 Å². The average Bonchev–Trinajstić information content (AvgIpc) is 2.58. The minimum atomic E-state index is -0.300. The van der Waals surface area contributed by atoms with Crippen molar-refractivity contribution in [1.29, 1.82) is 0 Å². The number of hydrogen-bond acceptors (Lipinski definition) is 3. The number of aromatic nitrogens is 2. The van der Waals surface area contributed by atoms with E-state index in [1.807, 2.05) is 60.7 Å². The van der Waals surface area contributed by atoms with Gasteiger partial charge >= 0.3 is 0 Å². The fraction of sp³-hybridized carbons (Fsp3) is 0.0588. The first-order valence-corrected chi connectivity index (χ1v) is 8.12. The molecule has 0 amide bonds. The third kappa shape index (κ3) is 3.24. The first kappa shape index (κ1) is 14.9. The first-order chi connectivity index (χ1) is 10.8. The Morgan fingerprint density at radius 2 is 1.64 bits per heavy atom. The molecule has 0 bridgehead atoms. The van der Waals surface area contributed by atoms with Crippen molar-refractivity contribution in [3.05, 3.63) is 87.8 Å². The monoisotopic (exact) mass is 328 g/mol. The van der Waals surface area contributed by atoms with Crippen LogP contribution in [0.15, 0.2) is 76.6 Å². The van der Waals surface area contributed by atoms with Gasteiger partial charge in [-0.05, 0) is 17.7 Å². The molecule has 0 saturated heterocycles. The van der Waals surface area contributed by atoms with E-state index in [1.54, 1.807) is 6.20 Å². The molecule has 0 unspecified atom stereocenters. The van der Waals surface area contributed by atoms with Gasteiger partial charge in [-0.2, -0.15) is 9.78 Å². The van der Waals surface area contributed by atoms with Crippen molar-refractivity contribution in [2.45, 2.75) is 10.6 Å². The molecule has 0 radical (unpaired) electrons. The Labute approximate surface area is 137 Å². The molecule has 1 aromatic heterocycles. The molecular weight excluding hydrogens is 316 g/mol. The van der Waals surface area contributed by atoms with E-state index in [4.69, 9.17) is 11.6 Å². The lowest BCUT2D eigenvalue weighted by Gasteiger charge is -2.08. The summed E-state index contributed by atoms with van der Waals surface area (Å²) in [6.07, 6.45) is 1.64. The Hall–Kier alpha value is -2.04. The molecule has 0 atom stereocenters. The van der Waals surface area contributed by atoms with Crippen molar-refractivity contribution in [1.82, 2.24) is 9.78 Å². The van der Waals surface area contributed by atoms with Crippen LogP contribution in [-0.4, -0.2) is 9.78 Å². The van der Waals surface area contributed by atoms with Gasteiger partial charge in [-0.3, -0.25) is 4.79 Å². The quantitative estimate of drug-likeness (QED) is 0.674. The fourth-order valence-corrected chi connectivity index (χ4v) is 3.15. The Kier molecular flexibility index (Phi) is 4.61. The SMILES string of the molecule is O=c1c(Cl)c(SCc2ccccc2)cnn1-c1ccccc1. The lowest BCUT2D eigenvalue weighted by atomic mass is 10.2. The topological polar surface area (TPSA) is 34.9 Å². The summed E-state index contributed by atoms with van der Waals surface area (Å²) in [6, 6.07) is 19.3. The van der Waals surface area contributed by atoms with Crippen LogP contribution in [0.4, 0.5) is 0 Å². The summed E-state index contributed by atoms with van der Waals surface area (Å²) in [4.78, 5) is 13.1. The molecule has 2 aromatic carbocycles. The lowest BCUT2D eigenvalue weighted by Crippen LogP contribution is -2.21. The summed E-state index contributed by atoms with van der Waals surface area (Å²) < 4.78 is 1.31. The van der Waals surface area contributed by atoms with Gasteiger partial charge in [-0.25, -0.2) is 0 Å². The smallest absolute Gasteiger partial charge is 0.266 e. The number of halogens is 1. The summed E-state index contributed by atoms with van der Waals surface area (Å²) in [5, 5.41) is 4.43. The number of hydrogen-bond donors (Lipinski definition) is 0. The highest BCUT2D eigenvalue weighted by Crippen LogP contribution is 2.26. The largest absolute Gasteiger partial charge is 0.291 e. The lowest BCUT2D eigenvalue weighted by molar-refractivity contribution is 0.791. The van der Waals surface area contributed by atoms with E-state index >= 15 is 0 Å². The second-order valence-electron chi connectivity index (χ2n) is 4.65. The molecule has 0 spiro atoms. The number of para-hydroxylation sites is 1. The van der Waals surface area contributed by atoms with Gasteiger partial charge in [0, 0.05) is 5.75 Å². The third-order valence-corrected chi connectivity index (χ3v) is 4.70. The van der Waals surface area contributed by atoms with E-state index in [2.05, 4.69) is 5.10 Å². The standard InChI is InChI=1S/C17H13ClN2OS/c18-16-15(22-12-13-7-3-1-4-8-13)11-19-20(17(16)21)14-9-5-2-6-10-14/h1-11H,12H2. The van der Waals surface area contributed by atoms with Gasteiger partial charge in [0.15, 0.2) is 0 Å². The van der Waals surface area contributed by atoms with Crippen LogP contribution in [0.5, 0.6) is 0 Å². The summed E-state index contributed by atoms with van der Waals surface area (Å²) >= 11 is 7.73. The average molecular weight is 329 g/mol. The number of benzene rings is 2. The molecule has 0 N–H and O–H groups in total. The minimum Gasteiger partial charge on any atom is -0.266 e. The molecule has 110 valence electrons. The molecular formula is C17H13ClN2OS. The fourth-order valence-electron chi connectivity index (χ4n) is 2.01. The molecule has 3 rings (SSSR count). The number of rotatable bonds is 4. The predicted octanol–water partition coefficient (Wildman–Crippen LogP) is 4.18. The van der Waals surface area contributed by atoms with Gasteiger partial charge in [0.2, 0.25) is 0 Å². The van der Waals surface area contributed by atoms with Gasteiger partial charge < -0.3 is 0 Å². The molecule has 3 nitrogen and oxygen atoms in total. The highest BCUT2D eigenvalue weighted by molar-refractivity contribution is 7.98. The van der Waals surface area contributed by atoms with Gasteiger partial charge in [0.05, 0.1) is 16.8 Å². The van der Waals surface area contributed by atoms with Crippen LogP contribution < -0.4 is 5.56 Å². The molecule has 5 heteroatoms. The van der Waals surface area contributed by atoms with Gasteiger partial charge in [0.1, 0.15) is 5.02 Å². The second kappa shape index (κ2) is 6.81. The van der Waals surface area contributed by atoms with E-state index in [0.29, 0.717) is 10.6 Å². The Bertz CT molecular complexity index is 819. The van der Waals surface area contributed by atoms with E-state index in [9.17, 15) is 4.79 Å². The van der Waals surface area contributed by atoms with Crippen molar-refractivity contribution in [3.63, 3.8) is 0 Å². The number of nitrogens with zero attached hydrogens (tertiary/aromatic N) is 2. The van der Waals surface area contributed by atoms with E-state index in [-0.39, 0.29) is 10.6 Å². The minimum absolute atomic E-state index is 0.208. The van der Waals surface area contributed by atoms with Crippen LogP contribution >= 0.6 is 23.4 Å². The van der Waals surface area contributed by atoms with Crippen molar-refractivity contribution in [3.8, 4) is 5.69 Å².